The fraction of sp³-hybridized carbons (Fsp3) is 0.917. The van der Waals surface area contributed by atoms with Crippen LogP contribution in [0.2, 0.25) is 0 Å². The molecule has 2 saturated heterocycles. The molecule has 0 spiro atoms. The summed E-state index contributed by atoms with van der Waals surface area (Å²) in [5.74, 6) is 2.30. The van der Waals surface area contributed by atoms with Crippen LogP contribution in [0, 0.1) is 0 Å². The van der Waals surface area contributed by atoms with Gasteiger partial charge in [0.1, 0.15) is 0 Å². The second-order valence-electron chi connectivity index (χ2n) is 4.59. The minimum Gasteiger partial charge on any atom is -0.377 e. The molecule has 5 heteroatoms. The largest absolute Gasteiger partial charge is 0.377 e. The van der Waals surface area contributed by atoms with Crippen molar-refractivity contribution >= 4 is 17.7 Å². The smallest absolute Gasteiger partial charge is 0.223 e. The van der Waals surface area contributed by atoms with Crippen molar-refractivity contribution in [3.63, 3.8) is 0 Å². The van der Waals surface area contributed by atoms with Gasteiger partial charge in [0.25, 0.3) is 0 Å². The Kier molecular flexibility index (Phi) is 5.61. The standard InChI is InChI=1S/C12H22N2O2S/c15-12(14-6-4-13-5-7-14)3-9-17-10-11-2-1-8-16-11/h11,13H,1-10H2. The highest BCUT2D eigenvalue weighted by molar-refractivity contribution is 7.99. The van der Waals surface area contributed by atoms with Gasteiger partial charge in [0.05, 0.1) is 6.10 Å². The second kappa shape index (κ2) is 7.24. The van der Waals surface area contributed by atoms with Crippen LogP contribution in [-0.4, -0.2) is 61.2 Å². The molecule has 17 heavy (non-hydrogen) atoms. The number of rotatable bonds is 5. The molecule has 0 radical (unpaired) electrons. The van der Waals surface area contributed by atoms with Crippen LogP contribution in [0.5, 0.6) is 0 Å². The molecule has 2 aliphatic heterocycles. The molecular weight excluding hydrogens is 236 g/mol. The topological polar surface area (TPSA) is 41.6 Å². The zero-order valence-corrected chi connectivity index (χ0v) is 11.1. The van der Waals surface area contributed by atoms with Crippen molar-refractivity contribution in [2.24, 2.45) is 0 Å². The molecule has 0 aromatic heterocycles. The third-order valence-corrected chi connectivity index (χ3v) is 4.36. The van der Waals surface area contributed by atoms with Crippen LogP contribution < -0.4 is 5.32 Å². The van der Waals surface area contributed by atoms with Crippen LogP contribution >= 0.6 is 11.8 Å². The molecular formula is C12H22N2O2S. The number of nitrogens with one attached hydrogen (secondary N) is 1. The molecule has 0 bridgehead atoms. The van der Waals surface area contributed by atoms with Crippen molar-refractivity contribution in [2.75, 3.05) is 44.3 Å². The SMILES string of the molecule is O=C(CCSCC1CCCO1)N1CCNCC1. The van der Waals surface area contributed by atoms with Gasteiger partial charge in [0.2, 0.25) is 5.91 Å². The van der Waals surface area contributed by atoms with E-state index in [9.17, 15) is 4.79 Å². The summed E-state index contributed by atoms with van der Waals surface area (Å²) in [4.78, 5) is 13.8. The minimum absolute atomic E-state index is 0.311. The van der Waals surface area contributed by atoms with E-state index in [0.29, 0.717) is 18.4 Å². The number of carbonyl (C=O) groups is 1. The lowest BCUT2D eigenvalue weighted by atomic mass is 10.3. The number of carbonyl (C=O) groups excluding carboxylic acids is 1. The lowest BCUT2D eigenvalue weighted by Crippen LogP contribution is -2.46. The maximum Gasteiger partial charge on any atom is 0.223 e. The lowest BCUT2D eigenvalue weighted by Gasteiger charge is -2.27. The molecule has 0 aliphatic carbocycles. The van der Waals surface area contributed by atoms with Gasteiger partial charge in [0, 0.05) is 50.7 Å². The predicted molar refractivity (Wildman–Crippen MR) is 70.4 cm³/mol. The first-order valence-corrected chi connectivity index (χ1v) is 7.69. The molecule has 2 fully saturated rings. The Balaban J connectivity index is 1.53. The van der Waals surface area contributed by atoms with E-state index in [4.69, 9.17) is 4.74 Å². The van der Waals surface area contributed by atoms with Crippen molar-refractivity contribution < 1.29 is 9.53 Å². The Morgan fingerprint density at radius 2 is 2.24 bits per heavy atom. The number of hydrogen-bond donors (Lipinski definition) is 1. The van der Waals surface area contributed by atoms with Crippen molar-refractivity contribution in [2.45, 2.75) is 25.4 Å². The summed E-state index contributed by atoms with van der Waals surface area (Å²) >= 11 is 1.85. The fourth-order valence-corrected chi connectivity index (χ4v) is 3.23. The van der Waals surface area contributed by atoms with Gasteiger partial charge in [-0.15, -0.1) is 0 Å². The molecule has 2 rings (SSSR count). The summed E-state index contributed by atoms with van der Waals surface area (Å²) in [6, 6.07) is 0. The van der Waals surface area contributed by atoms with Crippen LogP contribution in [0.4, 0.5) is 0 Å². The molecule has 0 aromatic carbocycles. The summed E-state index contributed by atoms with van der Waals surface area (Å²) in [7, 11) is 0. The van der Waals surface area contributed by atoms with Gasteiger partial charge in [0.15, 0.2) is 0 Å². The summed E-state index contributed by atoms with van der Waals surface area (Å²) in [6.45, 7) is 4.54. The summed E-state index contributed by atoms with van der Waals surface area (Å²) < 4.78 is 5.55. The molecule has 1 unspecified atom stereocenters. The average Bonchev–Trinajstić information content (AvgIpc) is 2.88. The van der Waals surface area contributed by atoms with Gasteiger partial charge in [-0.2, -0.15) is 11.8 Å². The highest BCUT2D eigenvalue weighted by Gasteiger charge is 2.17. The maximum absolute atomic E-state index is 11.8. The summed E-state index contributed by atoms with van der Waals surface area (Å²) in [6.07, 6.45) is 3.51. The van der Waals surface area contributed by atoms with E-state index >= 15 is 0 Å². The third-order valence-electron chi connectivity index (χ3n) is 3.26. The second-order valence-corrected chi connectivity index (χ2v) is 5.74. The zero-order chi connectivity index (χ0) is 11.9. The van der Waals surface area contributed by atoms with Crippen molar-refractivity contribution in [1.82, 2.24) is 10.2 Å². The molecule has 1 amide bonds. The zero-order valence-electron chi connectivity index (χ0n) is 10.3. The van der Waals surface area contributed by atoms with Crippen LogP contribution in [-0.2, 0) is 9.53 Å². The highest BCUT2D eigenvalue weighted by atomic mass is 32.2. The van der Waals surface area contributed by atoms with Crippen molar-refractivity contribution in [3.05, 3.63) is 0 Å². The van der Waals surface area contributed by atoms with E-state index in [1.807, 2.05) is 16.7 Å². The first-order chi connectivity index (χ1) is 8.36. The molecule has 4 nitrogen and oxygen atoms in total. The Hall–Kier alpha value is -0.260. The van der Waals surface area contributed by atoms with E-state index in [-0.39, 0.29) is 0 Å². The Bertz CT molecular complexity index is 239. The maximum atomic E-state index is 11.8. The van der Waals surface area contributed by atoms with Gasteiger partial charge in [-0.25, -0.2) is 0 Å². The van der Waals surface area contributed by atoms with Gasteiger partial charge < -0.3 is 15.0 Å². The molecule has 0 saturated carbocycles. The van der Waals surface area contributed by atoms with Crippen LogP contribution in [0.3, 0.4) is 0 Å². The third kappa shape index (κ3) is 4.48. The Morgan fingerprint density at radius 1 is 1.41 bits per heavy atom. The van der Waals surface area contributed by atoms with E-state index in [2.05, 4.69) is 5.32 Å². The number of piperazine rings is 1. The lowest BCUT2D eigenvalue weighted by molar-refractivity contribution is -0.131. The van der Waals surface area contributed by atoms with Crippen molar-refractivity contribution in [1.29, 1.82) is 0 Å². The quantitative estimate of drug-likeness (QED) is 0.738. The molecule has 1 N–H and O–H groups in total. The Labute approximate surface area is 107 Å². The highest BCUT2D eigenvalue weighted by Crippen LogP contribution is 2.17. The van der Waals surface area contributed by atoms with Crippen LogP contribution in [0.1, 0.15) is 19.3 Å². The number of nitrogens with zero attached hydrogens (tertiary/aromatic N) is 1. The molecule has 0 aromatic rings. The van der Waals surface area contributed by atoms with Crippen molar-refractivity contribution in [3.8, 4) is 0 Å². The van der Waals surface area contributed by atoms with Gasteiger partial charge in [-0.3, -0.25) is 4.79 Å². The first-order valence-electron chi connectivity index (χ1n) is 6.54. The Morgan fingerprint density at radius 3 is 2.94 bits per heavy atom. The molecule has 98 valence electrons. The normalized spacial score (nSPS) is 25.2. The fourth-order valence-electron chi connectivity index (χ4n) is 2.22. The van der Waals surface area contributed by atoms with Gasteiger partial charge in [-0.05, 0) is 12.8 Å². The number of thioether (sulfide) groups is 1. The molecule has 2 heterocycles. The number of ether oxygens (including phenoxy) is 1. The summed E-state index contributed by atoms with van der Waals surface area (Å²) in [5.41, 5.74) is 0. The average molecular weight is 258 g/mol. The first kappa shape index (κ1) is 13.2. The van der Waals surface area contributed by atoms with Crippen LogP contribution in [0.25, 0.3) is 0 Å². The summed E-state index contributed by atoms with van der Waals surface area (Å²) in [5, 5.41) is 3.26. The molecule has 1 atom stereocenters. The van der Waals surface area contributed by atoms with E-state index in [1.54, 1.807) is 0 Å². The predicted octanol–water partition coefficient (Wildman–Crippen LogP) is 0.721. The van der Waals surface area contributed by atoms with E-state index in [0.717, 1.165) is 44.3 Å². The minimum atomic E-state index is 0.311. The van der Waals surface area contributed by atoms with E-state index in [1.165, 1.54) is 12.8 Å². The van der Waals surface area contributed by atoms with Gasteiger partial charge >= 0.3 is 0 Å². The number of amides is 1. The van der Waals surface area contributed by atoms with E-state index < -0.39 is 0 Å². The monoisotopic (exact) mass is 258 g/mol. The molecule has 2 aliphatic rings. The van der Waals surface area contributed by atoms with Crippen LogP contribution in [0.15, 0.2) is 0 Å². The number of hydrogen-bond acceptors (Lipinski definition) is 4. The van der Waals surface area contributed by atoms with Gasteiger partial charge in [-0.1, -0.05) is 0 Å².